The average molecular weight is 403 g/mol. The largest absolute Gasteiger partial charge is 0.497 e. The number of hydrogen-bond donors (Lipinski definition) is 2. The molecule has 4 rings (SSSR count). The van der Waals surface area contributed by atoms with Gasteiger partial charge in [-0.2, -0.15) is 9.78 Å². The number of aryl methyl sites for hydroxylation is 1. The van der Waals surface area contributed by atoms with Gasteiger partial charge in [0.05, 0.1) is 12.8 Å². The Morgan fingerprint density at radius 2 is 2.00 bits per heavy atom. The number of benzene rings is 1. The Hall–Kier alpha value is -3.61. The maximum absolute atomic E-state index is 12.7. The fourth-order valence-corrected chi connectivity index (χ4v) is 3.66. The minimum absolute atomic E-state index is 0.212. The van der Waals surface area contributed by atoms with E-state index < -0.39 is 0 Å². The fraction of sp³-hybridized carbons (Fsp3) is 0.261. The van der Waals surface area contributed by atoms with Crippen molar-refractivity contribution in [3.05, 3.63) is 76.9 Å². The zero-order valence-electron chi connectivity index (χ0n) is 17.4. The maximum Gasteiger partial charge on any atom is 0.342 e. The van der Waals surface area contributed by atoms with Crippen molar-refractivity contribution in [3.8, 4) is 5.75 Å². The van der Waals surface area contributed by atoms with E-state index in [2.05, 4.69) is 26.4 Å². The molecule has 3 heterocycles. The minimum Gasteiger partial charge on any atom is -0.497 e. The summed E-state index contributed by atoms with van der Waals surface area (Å²) in [4.78, 5) is 20.2. The van der Waals surface area contributed by atoms with Crippen LogP contribution >= 0.6 is 0 Å². The molecule has 0 saturated carbocycles. The van der Waals surface area contributed by atoms with Gasteiger partial charge in [0, 0.05) is 42.0 Å². The van der Waals surface area contributed by atoms with E-state index in [1.807, 2.05) is 50.4 Å². The third-order valence-corrected chi connectivity index (χ3v) is 5.39. The number of pyridine rings is 1. The molecule has 0 radical (unpaired) electrons. The first-order valence-electron chi connectivity index (χ1n) is 9.94. The molecule has 4 aromatic rings. The van der Waals surface area contributed by atoms with Crippen molar-refractivity contribution in [1.29, 1.82) is 0 Å². The molecule has 1 aromatic carbocycles. The number of carbonyl (C=O) groups is 1. The standard InChI is InChI=1S/C23H25N5O2/c1-15-21(13-18-14-26-22-20(18)5-4-11-24-22)16(2)28(27-15)23(29)25-12-10-17-6-8-19(30-3)9-7-17/h4-9,11,14H,10,12-13H2,1-3H3,(H,24,26)(H,25,29). The third-order valence-electron chi connectivity index (χ3n) is 5.39. The van der Waals surface area contributed by atoms with Crippen LogP contribution in [0.15, 0.2) is 48.8 Å². The predicted molar refractivity (Wildman–Crippen MR) is 116 cm³/mol. The number of fused-ring (bicyclic) bond motifs is 1. The molecule has 0 unspecified atom stereocenters. The van der Waals surface area contributed by atoms with Crippen LogP contribution in [-0.4, -0.2) is 39.4 Å². The first-order chi connectivity index (χ1) is 14.6. The normalized spacial score (nSPS) is 11.0. The second-order valence-electron chi connectivity index (χ2n) is 7.28. The predicted octanol–water partition coefficient (Wildman–Crippen LogP) is 3.78. The van der Waals surface area contributed by atoms with Crippen molar-refractivity contribution in [2.45, 2.75) is 26.7 Å². The summed E-state index contributed by atoms with van der Waals surface area (Å²) in [6, 6.07) is 11.6. The molecule has 0 spiro atoms. The number of hydrogen-bond acceptors (Lipinski definition) is 4. The molecule has 0 aliphatic rings. The number of carbonyl (C=O) groups excluding carboxylic acids is 1. The van der Waals surface area contributed by atoms with Crippen LogP contribution in [0.3, 0.4) is 0 Å². The second kappa shape index (κ2) is 8.41. The molecule has 1 amide bonds. The van der Waals surface area contributed by atoms with Gasteiger partial charge in [0.1, 0.15) is 11.4 Å². The molecule has 30 heavy (non-hydrogen) atoms. The fourth-order valence-electron chi connectivity index (χ4n) is 3.66. The van der Waals surface area contributed by atoms with E-state index >= 15 is 0 Å². The molecular formula is C23H25N5O2. The lowest BCUT2D eigenvalue weighted by molar-refractivity contribution is 0.239. The Balaban J connectivity index is 1.43. The first-order valence-corrected chi connectivity index (χ1v) is 9.94. The Labute approximate surface area is 175 Å². The van der Waals surface area contributed by atoms with Crippen LogP contribution in [0.5, 0.6) is 5.75 Å². The molecule has 3 aromatic heterocycles. The van der Waals surface area contributed by atoms with E-state index in [4.69, 9.17) is 4.74 Å². The summed E-state index contributed by atoms with van der Waals surface area (Å²) in [5, 5.41) is 8.53. The van der Waals surface area contributed by atoms with Crippen molar-refractivity contribution in [2.75, 3.05) is 13.7 Å². The number of methoxy groups -OCH3 is 1. The van der Waals surface area contributed by atoms with Gasteiger partial charge in [-0.3, -0.25) is 0 Å². The van der Waals surface area contributed by atoms with Crippen LogP contribution in [-0.2, 0) is 12.8 Å². The van der Waals surface area contributed by atoms with E-state index in [0.29, 0.717) is 13.0 Å². The van der Waals surface area contributed by atoms with Crippen LogP contribution in [0.2, 0.25) is 0 Å². The van der Waals surface area contributed by atoms with Crippen molar-refractivity contribution >= 4 is 17.1 Å². The molecular weight excluding hydrogens is 378 g/mol. The number of amides is 1. The van der Waals surface area contributed by atoms with E-state index in [9.17, 15) is 4.79 Å². The molecule has 0 bridgehead atoms. The van der Waals surface area contributed by atoms with E-state index in [1.165, 1.54) is 4.68 Å². The van der Waals surface area contributed by atoms with Crippen molar-refractivity contribution < 1.29 is 9.53 Å². The lowest BCUT2D eigenvalue weighted by Gasteiger charge is -2.08. The quantitative estimate of drug-likeness (QED) is 0.513. The second-order valence-corrected chi connectivity index (χ2v) is 7.28. The average Bonchev–Trinajstić information content (AvgIpc) is 3.30. The van der Waals surface area contributed by atoms with Crippen molar-refractivity contribution in [3.63, 3.8) is 0 Å². The number of nitrogens with one attached hydrogen (secondary N) is 2. The van der Waals surface area contributed by atoms with E-state index in [0.717, 1.165) is 51.3 Å². The zero-order chi connectivity index (χ0) is 21.1. The van der Waals surface area contributed by atoms with Gasteiger partial charge in [-0.05, 0) is 55.7 Å². The maximum atomic E-state index is 12.7. The number of H-pyrrole nitrogens is 1. The summed E-state index contributed by atoms with van der Waals surface area (Å²) in [6.45, 7) is 4.41. The molecule has 7 nitrogen and oxygen atoms in total. The lowest BCUT2D eigenvalue weighted by Crippen LogP contribution is -2.31. The topological polar surface area (TPSA) is 84.8 Å². The lowest BCUT2D eigenvalue weighted by atomic mass is 10.0. The van der Waals surface area contributed by atoms with Crippen molar-refractivity contribution in [1.82, 2.24) is 25.1 Å². The Morgan fingerprint density at radius 1 is 1.20 bits per heavy atom. The molecule has 0 aliphatic heterocycles. The SMILES string of the molecule is COc1ccc(CCNC(=O)n2nc(C)c(Cc3c[nH]c4ncccc34)c2C)cc1. The highest BCUT2D eigenvalue weighted by molar-refractivity contribution is 5.80. The minimum atomic E-state index is -0.212. The van der Waals surface area contributed by atoms with E-state index in [-0.39, 0.29) is 6.03 Å². The highest BCUT2D eigenvalue weighted by Crippen LogP contribution is 2.23. The van der Waals surface area contributed by atoms with Gasteiger partial charge in [0.2, 0.25) is 0 Å². The summed E-state index contributed by atoms with van der Waals surface area (Å²) >= 11 is 0. The number of aromatic amines is 1. The van der Waals surface area contributed by atoms with Gasteiger partial charge < -0.3 is 15.0 Å². The van der Waals surface area contributed by atoms with Gasteiger partial charge in [-0.25, -0.2) is 9.78 Å². The van der Waals surface area contributed by atoms with Crippen LogP contribution in [0, 0.1) is 13.8 Å². The van der Waals surface area contributed by atoms with Gasteiger partial charge >= 0.3 is 6.03 Å². The number of aromatic nitrogens is 4. The van der Waals surface area contributed by atoms with Crippen LogP contribution in [0.1, 0.15) is 28.1 Å². The Kier molecular flexibility index (Phi) is 5.52. The van der Waals surface area contributed by atoms with Gasteiger partial charge in [-0.1, -0.05) is 12.1 Å². The summed E-state index contributed by atoms with van der Waals surface area (Å²) in [5.41, 5.74) is 5.92. The molecule has 7 heteroatoms. The molecule has 154 valence electrons. The zero-order valence-corrected chi connectivity index (χ0v) is 17.4. The van der Waals surface area contributed by atoms with E-state index in [1.54, 1.807) is 13.3 Å². The molecule has 0 saturated heterocycles. The molecule has 0 atom stereocenters. The highest BCUT2D eigenvalue weighted by Gasteiger charge is 2.18. The first kappa shape index (κ1) is 19.7. The molecule has 0 fully saturated rings. The summed E-state index contributed by atoms with van der Waals surface area (Å²) in [6.07, 6.45) is 5.18. The Bertz CT molecular complexity index is 1170. The number of rotatable bonds is 6. The van der Waals surface area contributed by atoms with Gasteiger partial charge in [0.15, 0.2) is 0 Å². The summed E-state index contributed by atoms with van der Waals surface area (Å²) in [5.74, 6) is 0.823. The van der Waals surface area contributed by atoms with Crippen LogP contribution in [0.4, 0.5) is 4.79 Å². The third kappa shape index (κ3) is 3.91. The molecule has 0 aliphatic carbocycles. The van der Waals surface area contributed by atoms with Crippen LogP contribution < -0.4 is 10.1 Å². The van der Waals surface area contributed by atoms with Gasteiger partial charge in [-0.15, -0.1) is 0 Å². The summed E-state index contributed by atoms with van der Waals surface area (Å²) in [7, 11) is 1.65. The summed E-state index contributed by atoms with van der Waals surface area (Å²) < 4.78 is 6.63. The monoisotopic (exact) mass is 403 g/mol. The number of ether oxygens (including phenoxy) is 1. The van der Waals surface area contributed by atoms with Gasteiger partial charge in [0.25, 0.3) is 0 Å². The Morgan fingerprint density at radius 3 is 2.77 bits per heavy atom. The smallest absolute Gasteiger partial charge is 0.342 e. The van der Waals surface area contributed by atoms with Crippen LogP contribution in [0.25, 0.3) is 11.0 Å². The molecule has 2 N–H and O–H groups in total. The number of nitrogens with zero attached hydrogens (tertiary/aromatic N) is 3. The highest BCUT2D eigenvalue weighted by atomic mass is 16.5. The van der Waals surface area contributed by atoms with Crippen molar-refractivity contribution in [2.24, 2.45) is 0 Å².